The Morgan fingerprint density at radius 2 is 2.00 bits per heavy atom. The highest BCUT2D eigenvalue weighted by molar-refractivity contribution is 14.1. The van der Waals surface area contributed by atoms with E-state index in [0.29, 0.717) is 0 Å². The van der Waals surface area contributed by atoms with Gasteiger partial charge >= 0.3 is 0 Å². The summed E-state index contributed by atoms with van der Waals surface area (Å²) in [6, 6.07) is 6.68. The van der Waals surface area contributed by atoms with Gasteiger partial charge in [-0.2, -0.15) is 0 Å². The van der Waals surface area contributed by atoms with E-state index in [0.717, 1.165) is 0 Å². The number of aryl methyl sites for hydroxylation is 3. The van der Waals surface area contributed by atoms with E-state index in [9.17, 15) is 0 Å². The number of alkyl halides is 1. The molecule has 0 aliphatic heterocycles. The second kappa shape index (κ2) is 4.10. The van der Waals surface area contributed by atoms with Crippen LogP contribution in [0.1, 0.15) is 16.7 Å². The van der Waals surface area contributed by atoms with Gasteiger partial charge in [-0.3, -0.25) is 0 Å². The molecule has 0 nitrogen and oxygen atoms in total. The van der Waals surface area contributed by atoms with Crippen LogP contribution >= 0.6 is 22.6 Å². The average molecular weight is 260 g/mol. The van der Waals surface area contributed by atoms with Crippen LogP contribution in [-0.2, 0) is 6.42 Å². The highest BCUT2D eigenvalue weighted by atomic mass is 127. The van der Waals surface area contributed by atoms with Crippen LogP contribution in [0.15, 0.2) is 18.2 Å². The first-order chi connectivity index (χ1) is 5.24. The van der Waals surface area contributed by atoms with Crippen LogP contribution in [0.5, 0.6) is 0 Å². The molecule has 0 aliphatic carbocycles. The van der Waals surface area contributed by atoms with Gasteiger partial charge in [0.1, 0.15) is 0 Å². The normalized spacial score (nSPS) is 10.1. The molecule has 1 heteroatoms. The average Bonchev–Trinajstić information content (AvgIpc) is 1.95. The van der Waals surface area contributed by atoms with Crippen molar-refractivity contribution in [1.29, 1.82) is 0 Å². The van der Waals surface area contributed by atoms with E-state index < -0.39 is 0 Å². The third-order valence-electron chi connectivity index (χ3n) is 1.86. The molecule has 0 spiro atoms. The Morgan fingerprint density at radius 1 is 1.27 bits per heavy atom. The van der Waals surface area contributed by atoms with E-state index in [1.54, 1.807) is 0 Å². The van der Waals surface area contributed by atoms with Crippen molar-refractivity contribution in [3.05, 3.63) is 34.9 Å². The third-order valence-corrected chi connectivity index (χ3v) is 2.40. The van der Waals surface area contributed by atoms with Crippen molar-refractivity contribution in [1.82, 2.24) is 0 Å². The molecule has 60 valence electrons. The first-order valence-corrected chi connectivity index (χ1v) is 5.38. The van der Waals surface area contributed by atoms with Gasteiger partial charge in [0, 0.05) is 4.43 Å². The smallest absolute Gasteiger partial charge is 0.00359 e. The largest absolute Gasteiger partial charge is 0.0860 e. The molecule has 0 aromatic heterocycles. The second-order valence-corrected chi connectivity index (χ2v) is 3.95. The Kier molecular flexibility index (Phi) is 3.37. The zero-order chi connectivity index (χ0) is 8.27. The minimum atomic E-state index is 1.20. The van der Waals surface area contributed by atoms with Crippen molar-refractivity contribution in [2.24, 2.45) is 0 Å². The standard InChI is InChI=1S/C10H13I/c1-8-3-4-10(5-6-11)9(2)7-8/h3-4,7H,5-6H2,1-2H3. The molecule has 1 rings (SSSR count). The summed E-state index contributed by atoms with van der Waals surface area (Å²) in [4.78, 5) is 0. The first-order valence-electron chi connectivity index (χ1n) is 3.86. The fourth-order valence-corrected chi connectivity index (χ4v) is 1.81. The lowest BCUT2D eigenvalue weighted by Gasteiger charge is -2.03. The summed E-state index contributed by atoms with van der Waals surface area (Å²) in [7, 11) is 0. The summed E-state index contributed by atoms with van der Waals surface area (Å²) in [6.45, 7) is 4.33. The first kappa shape index (κ1) is 9.04. The molecule has 0 saturated heterocycles. The molecule has 1 aromatic rings. The summed E-state index contributed by atoms with van der Waals surface area (Å²) in [5, 5.41) is 0. The van der Waals surface area contributed by atoms with Gasteiger partial charge in [0.15, 0.2) is 0 Å². The third kappa shape index (κ3) is 2.47. The lowest BCUT2D eigenvalue weighted by molar-refractivity contribution is 1.13. The Labute approximate surface area is 82.2 Å². The topological polar surface area (TPSA) is 0 Å². The Morgan fingerprint density at radius 3 is 2.55 bits per heavy atom. The molecule has 0 amide bonds. The molecule has 0 bridgehead atoms. The van der Waals surface area contributed by atoms with Crippen LogP contribution in [-0.4, -0.2) is 4.43 Å². The van der Waals surface area contributed by atoms with E-state index in [1.165, 1.54) is 27.5 Å². The number of halogens is 1. The molecule has 0 N–H and O–H groups in total. The van der Waals surface area contributed by atoms with E-state index in [2.05, 4.69) is 54.6 Å². The molecule has 0 fully saturated rings. The highest BCUT2D eigenvalue weighted by Crippen LogP contribution is 2.11. The van der Waals surface area contributed by atoms with E-state index in [1.807, 2.05) is 0 Å². The van der Waals surface area contributed by atoms with Crippen LogP contribution in [0.3, 0.4) is 0 Å². The van der Waals surface area contributed by atoms with Crippen LogP contribution < -0.4 is 0 Å². The summed E-state index contributed by atoms with van der Waals surface area (Å²) >= 11 is 2.42. The van der Waals surface area contributed by atoms with E-state index in [4.69, 9.17) is 0 Å². The molecular weight excluding hydrogens is 247 g/mol. The zero-order valence-corrected chi connectivity index (χ0v) is 9.18. The molecular formula is C10H13I. The molecule has 0 aliphatic rings. The predicted octanol–water partition coefficient (Wildman–Crippen LogP) is 3.28. The van der Waals surface area contributed by atoms with Crippen LogP contribution in [0.2, 0.25) is 0 Å². The molecule has 0 heterocycles. The Hall–Kier alpha value is -0.0500. The minimum Gasteiger partial charge on any atom is -0.0860 e. The number of rotatable bonds is 2. The van der Waals surface area contributed by atoms with Crippen molar-refractivity contribution in [3.63, 3.8) is 0 Å². The monoisotopic (exact) mass is 260 g/mol. The van der Waals surface area contributed by atoms with Gasteiger partial charge in [-0.05, 0) is 31.4 Å². The van der Waals surface area contributed by atoms with Gasteiger partial charge in [0.2, 0.25) is 0 Å². The molecule has 0 radical (unpaired) electrons. The SMILES string of the molecule is Cc1ccc(CCI)c(C)c1. The molecule has 1 aromatic carbocycles. The highest BCUT2D eigenvalue weighted by Gasteiger charge is 1.95. The van der Waals surface area contributed by atoms with Gasteiger partial charge in [0.25, 0.3) is 0 Å². The van der Waals surface area contributed by atoms with Gasteiger partial charge in [0.05, 0.1) is 0 Å². The van der Waals surface area contributed by atoms with Crippen LogP contribution in [0.4, 0.5) is 0 Å². The molecule has 0 atom stereocenters. The summed E-state index contributed by atoms with van der Waals surface area (Å²) in [6.07, 6.45) is 1.20. The fourth-order valence-electron chi connectivity index (χ4n) is 1.23. The van der Waals surface area contributed by atoms with Crippen molar-refractivity contribution in [3.8, 4) is 0 Å². The van der Waals surface area contributed by atoms with Crippen molar-refractivity contribution in [2.75, 3.05) is 4.43 Å². The zero-order valence-electron chi connectivity index (χ0n) is 7.02. The van der Waals surface area contributed by atoms with E-state index in [-0.39, 0.29) is 0 Å². The minimum absolute atomic E-state index is 1.20. The quantitative estimate of drug-likeness (QED) is 0.565. The van der Waals surface area contributed by atoms with Gasteiger partial charge in [-0.15, -0.1) is 0 Å². The molecule has 0 saturated carbocycles. The fraction of sp³-hybridized carbons (Fsp3) is 0.400. The van der Waals surface area contributed by atoms with Gasteiger partial charge < -0.3 is 0 Å². The maximum Gasteiger partial charge on any atom is 0.00359 e. The van der Waals surface area contributed by atoms with Gasteiger partial charge in [-0.25, -0.2) is 0 Å². The van der Waals surface area contributed by atoms with Gasteiger partial charge in [-0.1, -0.05) is 46.4 Å². The molecule has 11 heavy (non-hydrogen) atoms. The maximum absolute atomic E-state index is 2.42. The lowest BCUT2D eigenvalue weighted by Crippen LogP contribution is -1.90. The summed E-state index contributed by atoms with van der Waals surface area (Å²) < 4.78 is 1.21. The predicted molar refractivity (Wildman–Crippen MR) is 58.5 cm³/mol. The van der Waals surface area contributed by atoms with Crippen molar-refractivity contribution < 1.29 is 0 Å². The maximum atomic E-state index is 2.42. The number of hydrogen-bond donors (Lipinski definition) is 0. The lowest BCUT2D eigenvalue weighted by atomic mass is 10.0. The van der Waals surface area contributed by atoms with E-state index >= 15 is 0 Å². The van der Waals surface area contributed by atoms with Crippen molar-refractivity contribution in [2.45, 2.75) is 20.3 Å². The second-order valence-electron chi connectivity index (χ2n) is 2.87. The van der Waals surface area contributed by atoms with Crippen LogP contribution in [0, 0.1) is 13.8 Å². The number of hydrogen-bond acceptors (Lipinski definition) is 0. The Balaban J connectivity index is 2.90. The molecule has 0 unspecified atom stereocenters. The summed E-state index contributed by atoms with van der Waals surface area (Å²) in [5.41, 5.74) is 4.28. The van der Waals surface area contributed by atoms with Crippen LogP contribution in [0.25, 0.3) is 0 Å². The Bertz CT molecular complexity index is 241. The van der Waals surface area contributed by atoms with Crippen molar-refractivity contribution >= 4 is 22.6 Å². The summed E-state index contributed by atoms with van der Waals surface area (Å²) in [5.74, 6) is 0. The number of benzene rings is 1.